The normalized spacial score (nSPS) is 7.00. The number of hydrogen-bond acceptors (Lipinski definition) is 3. The fourth-order valence-electron chi connectivity index (χ4n) is 0. The Morgan fingerprint density at radius 3 is 1.40 bits per heavy atom. The average Bonchev–Trinajstić information content (AvgIpc) is 0.811. The first kappa shape index (κ1) is 9.17. The third-order valence-corrected chi connectivity index (χ3v) is 0. The molecule has 0 fully saturated rings. The molecule has 0 spiro atoms. The van der Waals surface area contributed by atoms with E-state index in [9.17, 15) is 0 Å². The molecule has 0 rings (SSSR count). The van der Waals surface area contributed by atoms with Crippen molar-refractivity contribution >= 4 is 8.25 Å². The Hall–Kier alpha value is 0.656. The van der Waals surface area contributed by atoms with Crippen LogP contribution < -0.4 is 9.79 Å². The Balaban J connectivity index is 0. The molecular formula is HCoO3P. The van der Waals surface area contributed by atoms with Gasteiger partial charge in [-0.25, -0.2) is 0 Å². The summed E-state index contributed by atoms with van der Waals surface area (Å²) >= 11 is 0. The second-order valence-electron chi connectivity index (χ2n) is 0.250. The summed E-state index contributed by atoms with van der Waals surface area (Å²) in [7, 11) is -3.63. The Bertz CT molecular complexity index is 29.9. The molecule has 0 aliphatic rings. The van der Waals surface area contributed by atoms with Crippen molar-refractivity contribution in [2.24, 2.45) is 0 Å². The van der Waals surface area contributed by atoms with E-state index in [1.807, 2.05) is 0 Å². The molecule has 0 aromatic heterocycles. The average molecular weight is 139 g/mol. The zero-order valence-corrected chi connectivity index (χ0v) is 4.10. The van der Waals surface area contributed by atoms with Gasteiger partial charge in [-0.15, -0.1) is 0 Å². The van der Waals surface area contributed by atoms with Gasteiger partial charge in [-0.1, -0.05) is 8.25 Å². The van der Waals surface area contributed by atoms with Gasteiger partial charge >= 0.3 is 16.8 Å². The van der Waals surface area contributed by atoms with Crippen LogP contribution in [0.3, 0.4) is 0 Å². The molecule has 0 bridgehead atoms. The quantitative estimate of drug-likeness (QED) is 0.368. The predicted octanol–water partition coefficient (Wildman–Crippen LogP) is -1.91. The first-order chi connectivity index (χ1) is 1.73. The van der Waals surface area contributed by atoms with E-state index >= 15 is 0 Å². The van der Waals surface area contributed by atoms with E-state index in [0.29, 0.717) is 0 Å². The van der Waals surface area contributed by atoms with E-state index in [0.717, 1.165) is 0 Å². The molecule has 3 nitrogen and oxygen atoms in total. The van der Waals surface area contributed by atoms with Crippen LogP contribution in [0.1, 0.15) is 0 Å². The van der Waals surface area contributed by atoms with Gasteiger partial charge in [0.25, 0.3) is 0 Å². The van der Waals surface area contributed by atoms with Crippen LogP contribution in [0.4, 0.5) is 0 Å². The first-order valence-corrected chi connectivity index (χ1v) is 1.84. The molecule has 0 amide bonds. The summed E-state index contributed by atoms with van der Waals surface area (Å²) in [6.45, 7) is 0. The number of rotatable bonds is 0. The van der Waals surface area contributed by atoms with E-state index in [4.69, 9.17) is 14.4 Å². The molecule has 0 aromatic rings. The van der Waals surface area contributed by atoms with E-state index in [2.05, 4.69) is 0 Å². The van der Waals surface area contributed by atoms with Gasteiger partial charge in [-0.3, -0.25) is 0 Å². The maximum absolute atomic E-state index is 8.52. The summed E-state index contributed by atoms with van der Waals surface area (Å²) in [6, 6.07) is 0. The van der Waals surface area contributed by atoms with Crippen LogP contribution in [0.2, 0.25) is 0 Å². The molecule has 0 unspecified atom stereocenters. The van der Waals surface area contributed by atoms with Crippen molar-refractivity contribution < 1.29 is 31.1 Å². The van der Waals surface area contributed by atoms with Crippen molar-refractivity contribution in [3.8, 4) is 0 Å². The van der Waals surface area contributed by atoms with Gasteiger partial charge in [-0.2, -0.15) is 0 Å². The second-order valence-corrected chi connectivity index (χ2v) is 0.750. The molecular weight excluding hydrogens is 138 g/mol. The molecule has 0 atom stereocenters. The smallest absolute Gasteiger partial charge is 0.813 e. The van der Waals surface area contributed by atoms with Crippen molar-refractivity contribution in [1.29, 1.82) is 0 Å². The van der Waals surface area contributed by atoms with E-state index in [1.54, 1.807) is 0 Å². The van der Waals surface area contributed by atoms with Crippen molar-refractivity contribution in [3.63, 3.8) is 0 Å². The summed E-state index contributed by atoms with van der Waals surface area (Å²) < 4.78 is 8.52. The summed E-state index contributed by atoms with van der Waals surface area (Å²) in [5.41, 5.74) is 0. The van der Waals surface area contributed by atoms with E-state index < -0.39 is 8.25 Å². The predicted molar refractivity (Wildman–Crippen MR) is 9.00 cm³/mol. The topological polar surface area (TPSA) is 63.2 Å². The van der Waals surface area contributed by atoms with Crippen molar-refractivity contribution in [2.45, 2.75) is 0 Å². The molecule has 0 aromatic carbocycles. The first-order valence-electron chi connectivity index (χ1n) is 0.612. The van der Waals surface area contributed by atoms with Crippen LogP contribution >= 0.6 is 8.25 Å². The monoisotopic (exact) mass is 139 g/mol. The van der Waals surface area contributed by atoms with Gasteiger partial charge < -0.3 is 14.4 Å². The second kappa shape index (κ2) is 4.66. The van der Waals surface area contributed by atoms with Crippen LogP contribution in [0.25, 0.3) is 0 Å². The van der Waals surface area contributed by atoms with Crippen LogP contribution in [0.5, 0.6) is 0 Å². The van der Waals surface area contributed by atoms with Gasteiger partial charge in [0.2, 0.25) is 0 Å². The molecule has 1 radical (unpaired) electrons. The Labute approximate surface area is 40.2 Å². The third-order valence-electron chi connectivity index (χ3n) is 0. The zero-order chi connectivity index (χ0) is 3.58. The third kappa shape index (κ3) is 76.2. The van der Waals surface area contributed by atoms with E-state index in [1.165, 1.54) is 0 Å². The van der Waals surface area contributed by atoms with Crippen LogP contribution in [-0.2, 0) is 21.3 Å². The Kier molecular flexibility index (Phi) is 8.54. The largest absolute Gasteiger partial charge is 2.00 e. The Morgan fingerprint density at radius 2 is 1.40 bits per heavy atom. The summed E-state index contributed by atoms with van der Waals surface area (Å²) in [5, 5.41) is 0. The molecule has 33 valence electrons. The summed E-state index contributed by atoms with van der Waals surface area (Å²) in [5.74, 6) is 0. The zero-order valence-electron chi connectivity index (χ0n) is 2.06. The van der Waals surface area contributed by atoms with Crippen LogP contribution in [0, 0.1) is 0 Å². The fourth-order valence-corrected chi connectivity index (χ4v) is 0. The molecule has 0 heterocycles. The molecule has 5 heteroatoms. The van der Waals surface area contributed by atoms with Crippen molar-refractivity contribution in [3.05, 3.63) is 0 Å². The minimum Gasteiger partial charge on any atom is -0.813 e. The fraction of sp³-hybridized carbons (Fsp3) is 0. The van der Waals surface area contributed by atoms with Crippen LogP contribution in [-0.4, -0.2) is 0 Å². The molecule has 0 saturated heterocycles. The van der Waals surface area contributed by atoms with Crippen molar-refractivity contribution in [1.82, 2.24) is 0 Å². The minimum atomic E-state index is -3.63. The van der Waals surface area contributed by atoms with Gasteiger partial charge in [0.1, 0.15) is 0 Å². The standard InChI is InChI=1S/Co.H3O3P/c;1-4(2)3/h;4H,(H2,1,2,3)/q+2;/p-2. The molecule has 0 N–H and O–H groups in total. The Morgan fingerprint density at radius 1 is 1.40 bits per heavy atom. The van der Waals surface area contributed by atoms with Crippen molar-refractivity contribution in [2.75, 3.05) is 0 Å². The van der Waals surface area contributed by atoms with Gasteiger partial charge in [0.05, 0.1) is 0 Å². The molecule has 0 saturated carbocycles. The maximum atomic E-state index is 8.52. The van der Waals surface area contributed by atoms with Crippen LogP contribution in [0.15, 0.2) is 0 Å². The molecule has 5 heavy (non-hydrogen) atoms. The number of hydrogen-bond donors (Lipinski definition) is 0. The molecule has 0 aliphatic carbocycles. The summed E-state index contributed by atoms with van der Waals surface area (Å²) in [4.78, 5) is 17.0. The SMILES string of the molecule is O=[PH]([O-])[O-].[Co+2]. The maximum Gasteiger partial charge on any atom is 2.00 e. The van der Waals surface area contributed by atoms with Gasteiger partial charge in [0, 0.05) is 0 Å². The minimum absolute atomic E-state index is 0. The summed E-state index contributed by atoms with van der Waals surface area (Å²) in [6.07, 6.45) is 0. The molecule has 0 aliphatic heterocycles. The van der Waals surface area contributed by atoms with E-state index in [-0.39, 0.29) is 16.8 Å². The van der Waals surface area contributed by atoms with Gasteiger partial charge in [0.15, 0.2) is 0 Å². The van der Waals surface area contributed by atoms with Gasteiger partial charge in [-0.05, 0) is 0 Å².